The molecule has 2 aliphatic rings. The van der Waals surface area contributed by atoms with Gasteiger partial charge in [0.15, 0.2) is 0 Å². The zero-order valence-electron chi connectivity index (χ0n) is 20.0. The van der Waals surface area contributed by atoms with Gasteiger partial charge >= 0.3 is 6.03 Å². The first-order valence-corrected chi connectivity index (χ1v) is 12.8. The van der Waals surface area contributed by atoms with E-state index in [0.29, 0.717) is 31.6 Å². The molecule has 2 atom stereocenters. The number of amides is 3. The Morgan fingerprint density at radius 3 is 2.97 bits per heavy atom. The average Bonchev–Trinajstić information content (AvgIpc) is 3.61. The minimum absolute atomic E-state index is 0.0362. The molecule has 1 saturated carbocycles. The maximum Gasteiger partial charge on any atom is 0.317 e. The number of ether oxygens (including phenoxy) is 1. The Hall–Kier alpha value is -3.90. The Morgan fingerprint density at radius 2 is 2.14 bits per heavy atom. The Balaban J connectivity index is 1.13. The van der Waals surface area contributed by atoms with Gasteiger partial charge in [0.25, 0.3) is 0 Å². The summed E-state index contributed by atoms with van der Waals surface area (Å²) in [4.78, 5) is 32.5. The third kappa shape index (κ3) is 5.19. The molecule has 0 bridgehead atoms. The molecule has 9 heteroatoms. The number of urea groups is 1. The predicted octanol–water partition coefficient (Wildman–Crippen LogP) is 4.08. The van der Waals surface area contributed by atoms with Crippen molar-refractivity contribution in [3.63, 3.8) is 0 Å². The second-order valence-electron chi connectivity index (χ2n) is 9.09. The highest BCUT2D eigenvalue weighted by molar-refractivity contribution is 7.16. The molecule has 0 spiro atoms. The fourth-order valence-corrected chi connectivity index (χ4v) is 5.81. The van der Waals surface area contributed by atoms with E-state index in [1.54, 1.807) is 35.6 Å². The van der Waals surface area contributed by atoms with Gasteiger partial charge in [0.1, 0.15) is 11.8 Å². The van der Waals surface area contributed by atoms with Crippen molar-refractivity contribution in [3.05, 3.63) is 75.9 Å². The van der Waals surface area contributed by atoms with Gasteiger partial charge in [-0.3, -0.25) is 9.78 Å². The Bertz CT molecular complexity index is 1330. The van der Waals surface area contributed by atoms with Gasteiger partial charge in [-0.15, -0.1) is 11.3 Å². The molecule has 2 N–H and O–H groups in total. The number of para-hydroxylation sites is 1. The van der Waals surface area contributed by atoms with E-state index in [4.69, 9.17) is 10.00 Å². The van der Waals surface area contributed by atoms with E-state index in [-0.39, 0.29) is 23.8 Å². The van der Waals surface area contributed by atoms with Crippen LogP contribution in [0, 0.1) is 17.2 Å². The molecule has 5 rings (SSSR count). The van der Waals surface area contributed by atoms with E-state index in [1.807, 2.05) is 30.3 Å². The Kier molecular flexibility index (Phi) is 6.87. The summed E-state index contributed by atoms with van der Waals surface area (Å²) < 4.78 is 5.45. The molecule has 3 amide bonds. The zero-order valence-corrected chi connectivity index (χ0v) is 20.8. The molecule has 1 aliphatic heterocycles. The summed E-state index contributed by atoms with van der Waals surface area (Å²) in [5, 5.41) is 15.9. The lowest BCUT2D eigenvalue weighted by molar-refractivity contribution is -0.117. The van der Waals surface area contributed by atoms with Crippen LogP contribution >= 0.6 is 11.3 Å². The number of benzene rings is 1. The average molecular weight is 502 g/mol. The number of carbonyl (C=O) groups is 2. The predicted molar refractivity (Wildman–Crippen MR) is 137 cm³/mol. The molecule has 1 aromatic carbocycles. The van der Waals surface area contributed by atoms with Crippen molar-refractivity contribution < 1.29 is 14.3 Å². The number of carbonyl (C=O) groups excluding carboxylic acids is 2. The topological polar surface area (TPSA) is 107 Å². The quantitative estimate of drug-likeness (QED) is 0.507. The fourth-order valence-electron chi connectivity index (χ4n) is 4.68. The summed E-state index contributed by atoms with van der Waals surface area (Å²) in [6.07, 6.45) is 5.43. The number of fused-ring (bicyclic) bond motifs is 1. The Labute approximate surface area is 213 Å². The fraction of sp³-hybridized carbons (Fsp3) is 0.333. The third-order valence-electron chi connectivity index (χ3n) is 6.70. The van der Waals surface area contributed by atoms with E-state index in [0.717, 1.165) is 39.6 Å². The van der Waals surface area contributed by atoms with Crippen molar-refractivity contribution >= 4 is 28.3 Å². The number of rotatable bonds is 7. The number of methoxy groups -OCH3 is 1. The summed E-state index contributed by atoms with van der Waals surface area (Å²) in [5.41, 5.74) is 3.70. The highest BCUT2D eigenvalue weighted by Crippen LogP contribution is 2.51. The monoisotopic (exact) mass is 501 g/mol. The van der Waals surface area contributed by atoms with E-state index in [1.165, 1.54) is 11.8 Å². The van der Waals surface area contributed by atoms with E-state index >= 15 is 0 Å². The zero-order chi connectivity index (χ0) is 25.1. The van der Waals surface area contributed by atoms with E-state index in [2.05, 4.69) is 21.7 Å². The molecule has 3 heterocycles. The lowest BCUT2D eigenvalue weighted by atomic mass is 10.1. The highest BCUT2D eigenvalue weighted by Gasteiger charge is 2.45. The molecule has 3 aromatic rings. The summed E-state index contributed by atoms with van der Waals surface area (Å²) in [7, 11) is 1.65. The van der Waals surface area contributed by atoms with Crippen molar-refractivity contribution in [2.24, 2.45) is 5.92 Å². The van der Waals surface area contributed by atoms with Crippen molar-refractivity contribution in [2.45, 2.75) is 31.7 Å². The second-order valence-corrected chi connectivity index (χ2v) is 10.2. The number of nitrogens with one attached hydrogen (secondary N) is 2. The van der Waals surface area contributed by atoms with Crippen LogP contribution in [0.3, 0.4) is 0 Å². The lowest BCUT2D eigenvalue weighted by Gasteiger charge is -2.27. The molecule has 2 unspecified atom stereocenters. The lowest BCUT2D eigenvalue weighted by Crippen LogP contribution is -2.43. The minimum Gasteiger partial charge on any atom is -0.496 e. The van der Waals surface area contributed by atoms with Crippen LogP contribution in [0.1, 0.15) is 39.5 Å². The number of hydrogen-bond acceptors (Lipinski definition) is 6. The SMILES string of the molecule is COc1ccccc1C1CC1C(=O)Nc1cc2c(s1)CN(C(=O)NCCc1cncc(C#N)c1)CC2. The standard InChI is InChI=1S/C27H27N5O3S/c1-35-23-5-3-2-4-20(23)21-12-22(21)26(33)31-25-11-19-7-9-32(16-24(19)36-25)27(34)30-8-6-17-10-18(13-28)15-29-14-17/h2-5,10-11,14-15,21-22H,6-9,12,16H2,1H3,(H,30,34)(H,31,33). The number of hydrogen-bond donors (Lipinski definition) is 2. The molecule has 0 radical (unpaired) electrons. The molecule has 36 heavy (non-hydrogen) atoms. The van der Waals surface area contributed by atoms with Gasteiger partial charge in [-0.25, -0.2) is 4.79 Å². The largest absolute Gasteiger partial charge is 0.496 e. The van der Waals surface area contributed by atoms with Gasteiger partial charge in [-0.05, 0) is 60.1 Å². The number of nitriles is 1. The summed E-state index contributed by atoms with van der Waals surface area (Å²) in [6.45, 7) is 1.63. The maximum absolute atomic E-state index is 12.9. The molecule has 184 valence electrons. The number of aromatic nitrogens is 1. The molecule has 0 saturated heterocycles. The first kappa shape index (κ1) is 23.8. The molecule has 2 aromatic heterocycles. The van der Waals surface area contributed by atoms with Crippen LogP contribution in [0.25, 0.3) is 0 Å². The molecular formula is C27H27N5O3S. The van der Waals surface area contributed by atoms with Crippen LogP contribution < -0.4 is 15.4 Å². The van der Waals surface area contributed by atoms with Crippen LogP contribution in [0.4, 0.5) is 9.80 Å². The van der Waals surface area contributed by atoms with Crippen LogP contribution in [0.15, 0.2) is 48.8 Å². The molecule has 8 nitrogen and oxygen atoms in total. The van der Waals surface area contributed by atoms with Gasteiger partial charge in [-0.1, -0.05) is 18.2 Å². The first-order chi connectivity index (χ1) is 17.6. The highest BCUT2D eigenvalue weighted by atomic mass is 32.1. The third-order valence-corrected chi connectivity index (χ3v) is 7.77. The summed E-state index contributed by atoms with van der Waals surface area (Å²) in [6, 6.07) is 13.7. The number of pyridine rings is 1. The molecule has 1 aliphatic carbocycles. The number of thiophene rings is 1. The van der Waals surface area contributed by atoms with Crippen LogP contribution in [0.5, 0.6) is 5.75 Å². The first-order valence-electron chi connectivity index (χ1n) is 12.0. The second kappa shape index (κ2) is 10.4. The Morgan fingerprint density at radius 1 is 1.28 bits per heavy atom. The van der Waals surface area contributed by atoms with Gasteiger partial charge in [0, 0.05) is 36.3 Å². The van der Waals surface area contributed by atoms with Gasteiger partial charge < -0.3 is 20.3 Å². The van der Waals surface area contributed by atoms with Crippen molar-refractivity contribution in [3.8, 4) is 11.8 Å². The van der Waals surface area contributed by atoms with Crippen LogP contribution in [0.2, 0.25) is 0 Å². The normalized spacial score (nSPS) is 18.1. The van der Waals surface area contributed by atoms with Gasteiger partial charge in [-0.2, -0.15) is 5.26 Å². The van der Waals surface area contributed by atoms with Crippen molar-refractivity contribution in [2.75, 3.05) is 25.5 Å². The molecule has 1 fully saturated rings. The maximum atomic E-state index is 12.9. The smallest absolute Gasteiger partial charge is 0.317 e. The van der Waals surface area contributed by atoms with Gasteiger partial charge in [0.2, 0.25) is 5.91 Å². The van der Waals surface area contributed by atoms with Gasteiger partial charge in [0.05, 0.1) is 24.2 Å². The van der Waals surface area contributed by atoms with Crippen LogP contribution in [-0.2, 0) is 24.2 Å². The van der Waals surface area contributed by atoms with Crippen molar-refractivity contribution in [1.82, 2.24) is 15.2 Å². The summed E-state index contributed by atoms with van der Waals surface area (Å²) in [5.74, 6) is 1.00. The minimum atomic E-state index is -0.110. The van der Waals surface area contributed by atoms with Crippen LogP contribution in [-0.4, -0.2) is 42.0 Å². The summed E-state index contributed by atoms with van der Waals surface area (Å²) >= 11 is 1.54. The number of anilines is 1. The number of nitrogens with zero attached hydrogens (tertiary/aromatic N) is 3. The van der Waals surface area contributed by atoms with E-state index in [9.17, 15) is 9.59 Å². The van der Waals surface area contributed by atoms with Crippen molar-refractivity contribution in [1.29, 1.82) is 5.26 Å². The van der Waals surface area contributed by atoms with E-state index < -0.39 is 0 Å². The molecular weight excluding hydrogens is 474 g/mol.